The highest BCUT2D eigenvalue weighted by Gasteiger charge is 2.11. The molecule has 4 nitrogen and oxygen atoms in total. The number of rotatable bonds is 7. The van der Waals surface area contributed by atoms with Crippen LogP contribution in [0.15, 0.2) is 48.5 Å². The first-order chi connectivity index (χ1) is 12.2. The molecule has 1 fully saturated rings. The van der Waals surface area contributed by atoms with Gasteiger partial charge >= 0.3 is 0 Å². The molecule has 0 aromatic heterocycles. The predicted molar refractivity (Wildman–Crippen MR) is 96.5 cm³/mol. The molecular weight excluding hydrogens is 319 g/mol. The topological polar surface area (TPSA) is 41.6 Å². The number of halogens is 1. The first kappa shape index (κ1) is 17.3. The van der Waals surface area contributed by atoms with Crippen molar-refractivity contribution < 1.29 is 13.9 Å². The lowest BCUT2D eigenvalue weighted by atomic mass is 10.1. The summed E-state index contributed by atoms with van der Waals surface area (Å²) in [5.41, 5.74) is 2.47. The minimum Gasteiger partial charge on any atom is -0.484 e. The third-order valence-corrected chi connectivity index (χ3v) is 4.33. The largest absolute Gasteiger partial charge is 0.484 e. The van der Waals surface area contributed by atoms with E-state index < -0.39 is 0 Å². The molecule has 0 aliphatic carbocycles. The summed E-state index contributed by atoms with van der Waals surface area (Å²) in [4.78, 5) is 14.2. The van der Waals surface area contributed by atoms with Crippen LogP contribution in [0.1, 0.15) is 18.4 Å². The summed E-state index contributed by atoms with van der Waals surface area (Å²) in [6.45, 7) is 2.78. The molecule has 0 radical (unpaired) electrons. The van der Waals surface area contributed by atoms with Crippen LogP contribution in [0.3, 0.4) is 0 Å². The Bertz CT molecular complexity index is 680. The van der Waals surface area contributed by atoms with Gasteiger partial charge in [-0.2, -0.15) is 0 Å². The van der Waals surface area contributed by atoms with E-state index in [0.29, 0.717) is 12.3 Å². The standard InChI is InChI=1S/C20H23FN2O2/c21-17-5-9-19(10-6-17)25-15-20(24)22-12-11-16-3-7-18(8-4-16)23-13-1-2-14-23/h3-10H,1-2,11-15H2,(H,22,24). The molecule has 0 saturated carbocycles. The molecule has 0 spiro atoms. The van der Waals surface area contributed by atoms with Crippen molar-refractivity contribution in [2.45, 2.75) is 19.3 Å². The number of carbonyl (C=O) groups is 1. The van der Waals surface area contributed by atoms with Gasteiger partial charge < -0.3 is 15.0 Å². The van der Waals surface area contributed by atoms with Crippen LogP contribution < -0.4 is 15.0 Å². The van der Waals surface area contributed by atoms with Gasteiger partial charge in [-0.25, -0.2) is 4.39 Å². The molecule has 5 heteroatoms. The van der Waals surface area contributed by atoms with Crippen molar-refractivity contribution in [3.05, 3.63) is 59.9 Å². The molecule has 1 saturated heterocycles. The van der Waals surface area contributed by atoms with Crippen LogP contribution >= 0.6 is 0 Å². The molecule has 2 aromatic carbocycles. The molecular formula is C20H23FN2O2. The Morgan fingerprint density at radius 1 is 1.04 bits per heavy atom. The Hall–Kier alpha value is -2.56. The highest BCUT2D eigenvalue weighted by molar-refractivity contribution is 5.77. The minimum atomic E-state index is -0.326. The monoisotopic (exact) mass is 342 g/mol. The van der Waals surface area contributed by atoms with Gasteiger partial charge in [0.1, 0.15) is 11.6 Å². The molecule has 1 heterocycles. The zero-order valence-corrected chi connectivity index (χ0v) is 14.2. The number of benzene rings is 2. The van der Waals surface area contributed by atoms with Gasteiger partial charge in [-0.15, -0.1) is 0 Å². The van der Waals surface area contributed by atoms with Crippen LogP contribution in [0, 0.1) is 5.82 Å². The number of ether oxygens (including phenoxy) is 1. The highest BCUT2D eigenvalue weighted by Crippen LogP contribution is 2.20. The molecule has 0 bridgehead atoms. The number of hydrogen-bond acceptors (Lipinski definition) is 3. The fourth-order valence-corrected chi connectivity index (χ4v) is 2.93. The van der Waals surface area contributed by atoms with Gasteiger partial charge in [-0.1, -0.05) is 12.1 Å². The molecule has 25 heavy (non-hydrogen) atoms. The summed E-state index contributed by atoms with van der Waals surface area (Å²) in [6.07, 6.45) is 3.32. The van der Waals surface area contributed by atoms with Crippen LogP contribution in [-0.4, -0.2) is 32.1 Å². The Kier molecular flexibility index (Phi) is 5.88. The summed E-state index contributed by atoms with van der Waals surface area (Å²) in [5.74, 6) is -0.0281. The predicted octanol–water partition coefficient (Wildman–Crippen LogP) is 3.16. The van der Waals surface area contributed by atoms with E-state index in [1.54, 1.807) is 0 Å². The Balaban J connectivity index is 1.37. The fourth-order valence-electron chi connectivity index (χ4n) is 2.93. The Morgan fingerprint density at radius 2 is 1.72 bits per heavy atom. The SMILES string of the molecule is O=C(COc1ccc(F)cc1)NCCc1ccc(N2CCCC2)cc1. The number of carbonyl (C=O) groups excluding carboxylic acids is 1. The third kappa shape index (κ3) is 5.21. The van der Waals surface area contributed by atoms with E-state index in [0.717, 1.165) is 19.5 Å². The zero-order chi connectivity index (χ0) is 17.5. The minimum absolute atomic E-state index is 0.0699. The number of nitrogens with one attached hydrogen (secondary N) is 1. The van der Waals surface area contributed by atoms with Crippen LogP contribution in [-0.2, 0) is 11.2 Å². The van der Waals surface area contributed by atoms with Gasteiger partial charge in [-0.05, 0) is 61.2 Å². The van der Waals surface area contributed by atoms with Crippen LogP contribution in [0.2, 0.25) is 0 Å². The van der Waals surface area contributed by atoms with Gasteiger partial charge in [-0.3, -0.25) is 4.79 Å². The van der Waals surface area contributed by atoms with Gasteiger partial charge in [0.15, 0.2) is 6.61 Å². The van der Waals surface area contributed by atoms with Gasteiger partial charge in [0.25, 0.3) is 5.91 Å². The van der Waals surface area contributed by atoms with Crippen molar-refractivity contribution in [3.63, 3.8) is 0 Å². The number of nitrogens with zero attached hydrogens (tertiary/aromatic N) is 1. The van der Waals surface area contributed by atoms with E-state index in [1.807, 2.05) is 0 Å². The normalized spacial score (nSPS) is 13.7. The molecule has 2 aromatic rings. The summed E-state index contributed by atoms with van der Waals surface area (Å²) >= 11 is 0. The lowest BCUT2D eigenvalue weighted by molar-refractivity contribution is -0.123. The number of hydrogen-bond donors (Lipinski definition) is 1. The second-order valence-electron chi connectivity index (χ2n) is 6.20. The molecule has 132 valence electrons. The van der Waals surface area contributed by atoms with Crippen molar-refractivity contribution in [3.8, 4) is 5.75 Å². The first-order valence-electron chi connectivity index (χ1n) is 8.70. The fraction of sp³-hybridized carbons (Fsp3) is 0.350. The average Bonchev–Trinajstić information content (AvgIpc) is 3.16. The van der Waals surface area contributed by atoms with Crippen molar-refractivity contribution >= 4 is 11.6 Å². The molecule has 0 unspecified atom stereocenters. The van der Waals surface area contributed by atoms with E-state index in [-0.39, 0.29) is 18.3 Å². The van der Waals surface area contributed by atoms with Crippen molar-refractivity contribution in [1.82, 2.24) is 5.32 Å². The summed E-state index contributed by atoms with van der Waals surface area (Å²) in [6, 6.07) is 14.2. The summed E-state index contributed by atoms with van der Waals surface area (Å²) < 4.78 is 18.1. The average molecular weight is 342 g/mol. The van der Waals surface area contributed by atoms with Gasteiger partial charge in [0, 0.05) is 25.3 Å². The van der Waals surface area contributed by atoms with Crippen LogP contribution in [0.5, 0.6) is 5.75 Å². The Morgan fingerprint density at radius 3 is 2.40 bits per heavy atom. The second-order valence-corrected chi connectivity index (χ2v) is 6.20. The molecule has 0 atom stereocenters. The first-order valence-corrected chi connectivity index (χ1v) is 8.70. The van der Waals surface area contributed by atoms with Crippen molar-refractivity contribution in [1.29, 1.82) is 0 Å². The zero-order valence-electron chi connectivity index (χ0n) is 14.2. The quantitative estimate of drug-likeness (QED) is 0.840. The molecule has 1 N–H and O–H groups in total. The molecule has 1 amide bonds. The molecule has 1 aliphatic heterocycles. The second kappa shape index (κ2) is 8.51. The molecule has 1 aliphatic rings. The van der Waals surface area contributed by atoms with Gasteiger partial charge in [0.05, 0.1) is 0 Å². The summed E-state index contributed by atoms with van der Waals surface area (Å²) in [7, 11) is 0. The summed E-state index contributed by atoms with van der Waals surface area (Å²) in [5, 5.41) is 2.83. The van der Waals surface area contributed by atoms with Crippen molar-refractivity contribution in [2.24, 2.45) is 0 Å². The van der Waals surface area contributed by atoms with Crippen LogP contribution in [0.25, 0.3) is 0 Å². The van der Waals surface area contributed by atoms with Crippen molar-refractivity contribution in [2.75, 3.05) is 31.1 Å². The molecule has 3 rings (SSSR count). The van der Waals surface area contributed by atoms with E-state index in [2.05, 4.69) is 34.5 Å². The smallest absolute Gasteiger partial charge is 0.257 e. The maximum atomic E-state index is 12.8. The number of amides is 1. The van der Waals surface area contributed by atoms with Crippen LogP contribution in [0.4, 0.5) is 10.1 Å². The van der Waals surface area contributed by atoms with Gasteiger partial charge in [0.2, 0.25) is 0 Å². The Labute approximate surface area is 147 Å². The lowest BCUT2D eigenvalue weighted by Gasteiger charge is -2.17. The van der Waals surface area contributed by atoms with E-state index in [1.165, 1.54) is 48.4 Å². The lowest BCUT2D eigenvalue weighted by Crippen LogP contribution is -2.30. The maximum Gasteiger partial charge on any atom is 0.257 e. The van der Waals surface area contributed by atoms with E-state index in [4.69, 9.17) is 4.74 Å². The van der Waals surface area contributed by atoms with E-state index in [9.17, 15) is 9.18 Å². The number of anilines is 1. The third-order valence-electron chi connectivity index (χ3n) is 4.33. The maximum absolute atomic E-state index is 12.8. The highest BCUT2D eigenvalue weighted by atomic mass is 19.1. The van der Waals surface area contributed by atoms with E-state index >= 15 is 0 Å².